The van der Waals surface area contributed by atoms with Gasteiger partial charge in [0.15, 0.2) is 0 Å². The Kier molecular flexibility index (Phi) is 7.47. The van der Waals surface area contributed by atoms with Gasteiger partial charge in [0.1, 0.15) is 11.5 Å². The monoisotopic (exact) mass is 295 g/mol. The van der Waals surface area contributed by atoms with Gasteiger partial charge in [-0.2, -0.15) is 0 Å². The number of likely N-dealkylation sites (N-methyl/N-ethyl adjacent to an activating group) is 1. The number of carbonyl (C=O) groups is 1. The van der Waals surface area contributed by atoms with E-state index in [2.05, 4.69) is 11.8 Å². The zero-order valence-corrected chi connectivity index (χ0v) is 13.8. The molecule has 0 saturated heterocycles. The molecule has 1 aromatic rings. The molecule has 0 bridgehead atoms. The highest BCUT2D eigenvalue weighted by Crippen LogP contribution is 2.12. The molecular weight excluding hydrogens is 266 g/mol. The second-order valence-corrected chi connectivity index (χ2v) is 6.01. The Balaban J connectivity index is 2.60. The van der Waals surface area contributed by atoms with E-state index in [0.717, 1.165) is 24.5 Å². The van der Waals surface area contributed by atoms with Crippen LogP contribution in [0.15, 0.2) is 16.5 Å². The zero-order chi connectivity index (χ0) is 15.8. The molecule has 1 aromatic heterocycles. The van der Waals surface area contributed by atoms with Crippen LogP contribution >= 0.6 is 0 Å². The quantitative estimate of drug-likeness (QED) is 0.755. The fourth-order valence-corrected chi connectivity index (χ4v) is 2.02. The Morgan fingerprint density at radius 1 is 1.33 bits per heavy atom. The Hall–Kier alpha value is -1.33. The van der Waals surface area contributed by atoms with E-state index in [9.17, 15) is 4.79 Å². The molecule has 1 unspecified atom stereocenters. The number of nitrogens with two attached hydrogens (primary N) is 1. The summed E-state index contributed by atoms with van der Waals surface area (Å²) in [4.78, 5) is 16.4. The summed E-state index contributed by atoms with van der Waals surface area (Å²) in [6.45, 7) is 6.71. The molecule has 5 heteroatoms. The smallest absolute Gasteiger partial charge is 0.223 e. The van der Waals surface area contributed by atoms with Crippen LogP contribution in [-0.4, -0.2) is 49.4 Å². The summed E-state index contributed by atoms with van der Waals surface area (Å²) >= 11 is 0. The molecule has 1 heterocycles. The fourth-order valence-electron chi connectivity index (χ4n) is 2.02. The third-order valence-electron chi connectivity index (χ3n) is 3.57. The maximum atomic E-state index is 12.4. The van der Waals surface area contributed by atoms with Crippen LogP contribution in [0, 0.1) is 12.8 Å². The minimum Gasteiger partial charge on any atom is -0.464 e. The molecule has 120 valence electrons. The van der Waals surface area contributed by atoms with Gasteiger partial charge >= 0.3 is 0 Å². The molecule has 21 heavy (non-hydrogen) atoms. The lowest BCUT2D eigenvalue weighted by Gasteiger charge is -2.24. The summed E-state index contributed by atoms with van der Waals surface area (Å²) in [5, 5.41) is 0. The minimum atomic E-state index is 0.172. The molecule has 0 aliphatic heterocycles. The van der Waals surface area contributed by atoms with Crippen LogP contribution in [-0.2, 0) is 11.3 Å². The first kappa shape index (κ1) is 17.7. The van der Waals surface area contributed by atoms with Gasteiger partial charge in [0.2, 0.25) is 5.91 Å². The standard InChI is InChI=1S/C16H29N3O2/c1-13(11-17)5-8-16(20)19(10-9-18(3)4)12-15-7-6-14(2)21-15/h6-7,13H,5,8-12,17H2,1-4H3. The maximum Gasteiger partial charge on any atom is 0.223 e. The number of amides is 1. The summed E-state index contributed by atoms with van der Waals surface area (Å²) in [6, 6.07) is 3.87. The van der Waals surface area contributed by atoms with Crippen molar-refractivity contribution in [1.82, 2.24) is 9.80 Å². The van der Waals surface area contributed by atoms with Crippen LogP contribution in [0.25, 0.3) is 0 Å². The lowest BCUT2D eigenvalue weighted by atomic mass is 10.1. The number of nitrogens with zero attached hydrogens (tertiary/aromatic N) is 2. The van der Waals surface area contributed by atoms with Crippen LogP contribution in [0.4, 0.5) is 0 Å². The third kappa shape index (κ3) is 6.78. The van der Waals surface area contributed by atoms with Crippen molar-refractivity contribution < 1.29 is 9.21 Å². The summed E-state index contributed by atoms with van der Waals surface area (Å²) in [5.74, 6) is 2.27. The van der Waals surface area contributed by atoms with Crippen molar-refractivity contribution in [3.05, 3.63) is 23.7 Å². The van der Waals surface area contributed by atoms with Gasteiger partial charge in [-0.3, -0.25) is 4.79 Å². The molecule has 1 amide bonds. The minimum absolute atomic E-state index is 0.172. The van der Waals surface area contributed by atoms with Gasteiger partial charge in [-0.25, -0.2) is 0 Å². The van der Waals surface area contributed by atoms with Gasteiger partial charge in [0.05, 0.1) is 6.54 Å². The first-order chi connectivity index (χ1) is 9.92. The van der Waals surface area contributed by atoms with Gasteiger partial charge in [-0.05, 0) is 52.0 Å². The zero-order valence-electron chi connectivity index (χ0n) is 13.8. The van der Waals surface area contributed by atoms with Crippen molar-refractivity contribution in [2.45, 2.75) is 33.2 Å². The Labute approximate surface area is 128 Å². The van der Waals surface area contributed by atoms with Crippen LogP contribution in [0.5, 0.6) is 0 Å². The normalized spacial score (nSPS) is 12.7. The molecule has 0 aliphatic carbocycles. The van der Waals surface area contributed by atoms with Gasteiger partial charge in [0, 0.05) is 19.5 Å². The maximum absolute atomic E-state index is 12.4. The van der Waals surface area contributed by atoms with Crippen molar-refractivity contribution in [2.24, 2.45) is 11.7 Å². The van der Waals surface area contributed by atoms with Crippen molar-refractivity contribution >= 4 is 5.91 Å². The van der Waals surface area contributed by atoms with Gasteiger partial charge < -0.3 is 20.0 Å². The van der Waals surface area contributed by atoms with Crippen LogP contribution in [0.1, 0.15) is 31.3 Å². The second-order valence-electron chi connectivity index (χ2n) is 6.01. The SMILES string of the molecule is Cc1ccc(CN(CCN(C)C)C(=O)CCC(C)CN)o1. The molecule has 2 N–H and O–H groups in total. The van der Waals surface area contributed by atoms with Crippen LogP contribution in [0.2, 0.25) is 0 Å². The predicted octanol–water partition coefficient (Wildman–Crippen LogP) is 1.85. The molecule has 0 spiro atoms. The van der Waals surface area contributed by atoms with Crippen molar-refractivity contribution in [1.29, 1.82) is 0 Å². The Bertz CT molecular complexity index is 429. The topological polar surface area (TPSA) is 62.7 Å². The van der Waals surface area contributed by atoms with E-state index in [4.69, 9.17) is 10.2 Å². The lowest BCUT2D eigenvalue weighted by molar-refractivity contribution is -0.132. The van der Waals surface area contributed by atoms with E-state index < -0.39 is 0 Å². The van der Waals surface area contributed by atoms with Gasteiger partial charge in [0.25, 0.3) is 0 Å². The van der Waals surface area contributed by atoms with Gasteiger partial charge in [-0.1, -0.05) is 6.92 Å². The molecule has 0 radical (unpaired) electrons. The van der Waals surface area contributed by atoms with Crippen LogP contribution < -0.4 is 5.73 Å². The summed E-state index contributed by atoms with van der Waals surface area (Å²) in [5.41, 5.74) is 5.61. The third-order valence-corrected chi connectivity index (χ3v) is 3.57. The van der Waals surface area contributed by atoms with Gasteiger partial charge in [-0.15, -0.1) is 0 Å². The highest BCUT2D eigenvalue weighted by molar-refractivity contribution is 5.76. The highest BCUT2D eigenvalue weighted by Gasteiger charge is 2.16. The Morgan fingerprint density at radius 3 is 2.57 bits per heavy atom. The number of aryl methyl sites for hydroxylation is 1. The van der Waals surface area contributed by atoms with E-state index in [1.54, 1.807) is 0 Å². The first-order valence-electron chi connectivity index (χ1n) is 7.60. The molecule has 0 aromatic carbocycles. The summed E-state index contributed by atoms with van der Waals surface area (Å²) < 4.78 is 5.59. The van der Waals surface area contributed by atoms with E-state index in [-0.39, 0.29) is 5.91 Å². The fraction of sp³-hybridized carbons (Fsp3) is 0.688. The summed E-state index contributed by atoms with van der Waals surface area (Å²) in [7, 11) is 4.02. The number of furan rings is 1. The number of hydrogen-bond donors (Lipinski definition) is 1. The van der Waals surface area contributed by atoms with Crippen molar-refractivity contribution in [3.63, 3.8) is 0 Å². The highest BCUT2D eigenvalue weighted by atomic mass is 16.3. The van der Waals surface area contributed by atoms with E-state index in [0.29, 0.717) is 32.0 Å². The van der Waals surface area contributed by atoms with E-state index in [1.807, 2.05) is 38.1 Å². The largest absolute Gasteiger partial charge is 0.464 e. The molecule has 0 saturated carbocycles. The molecular formula is C16H29N3O2. The number of carbonyl (C=O) groups excluding carboxylic acids is 1. The summed E-state index contributed by atoms with van der Waals surface area (Å²) in [6.07, 6.45) is 1.39. The van der Waals surface area contributed by atoms with E-state index in [1.165, 1.54) is 0 Å². The molecule has 1 rings (SSSR count). The van der Waals surface area contributed by atoms with E-state index >= 15 is 0 Å². The molecule has 5 nitrogen and oxygen atoms in total. The predicted molar refractivity (Wildman–Crippen MR) is 84.9 cm³/mol. The number of hydrogen-bond acceptors (Lipinski definition) is 4. The molecule has 0 fully saturated rings. The lowest BCUT2D eigenvalue weighted by Crippen LogP contribution is -2.36. The van der Waals surface area contributed by atoms with Crippen LogP contribution in [0.3, 0.4) is 0 Å². The molecule has 1 atom stereocenters. The van der Waals surface area contributed by atoms with Crippen molar-refractivity contribution in [2.75, 3.05) is 33.7 Å². The van der Waals surface area contributed by atoms with Crippen molar-refractivity contribution in [3.8, 4) is 0 Å². The second kappa shape index (κ2) is 8.85. The number of rotatable bonds is 9. The Morgan fingerprint density at radius 2 is 2.05 bits per heavy atom. The molecule has 0 aliphatic rings. The average Bonchev–Trinajstić information content (AvgIpc) is 2.85. The first-order valence-corrected chi connectivity index (χ1v) is 7.60. The average molecular weight is 295 g/mol.